The second kappa shape index (κ2) is 36.4. The molecule has 6 aromatic heterocycles. The van der Waals surface area contributed by atoms with Crippen LogP contribution in [0.3, 0.4) is 0 Å². The molecule has 604 valence electrons. The number of hydrogen-bond donors (Lipinski definition) is 1. The maximum absolute atomic E-state index is 12.3. The summed E-state index contributed by atoms with van der Waals surface area (Å²) >= 11 is 31.7. The van der Waals surface area contributed by atoms with Gasteiger partial charge >= 0.3 is 39.0 Å². The van der Waals surface area contributed by atoms with E-state index >= 15 is 0 Å². The molecule has 3 fully saturated rings. The normalized spacial score (nSPS) is 16.1. The number of carbonyl (C=O) groups is 3. The van der Waals surface area contributed by atoms with Crippen LogP contribution in [0.4, 0.5) is 0 Å². The van der Waals surface area contributed by atoms with E-state index in [1.165, 1.54) is 5.56 Å². The van der Waals surface area contributed by atoms with Crippen molar-refractivity contribution < 1.29 is 56.9 Å². The number of carboxylic acids is 1. The number of ether oxygens (including phenoxy) is 2. The Balaban J connectivity index is 0.000000173. The zero-order valence-electron chi connectivity index (χ0n) is 69.8. The Morgan fingerprint density at radius 1 is 0.425 bits per heavy atom. The molecule has 0 saturated carbocycles. The second-order valence-electron chi connectivity index (χ2n) is 32.0. The van der Waals surface area contributed by atoms with Gasteiger partial charge in [0, 0.05) is 53.2 Å². The van der Waals surface area contributed by atoms with Crippen LogP contribution >= 0.6 is 78.3 Å². The standard InChI is InChI=1S/C20H22ClN3O2.C18H18ClN3O2.C13H18BClO2.C13H16BrN3O2.C12H24B2O4.C7H6BrCl/c1-6-26-20(25)15-10-16(11(2)3)24-19(22-15)18(13(5)23-24)17-12(4)8-7-9-14(17)21;1-9(2)14-8-13(18(23)24)20-17-16(11(4)21-22(14)17)15-10(3)6-5-7-12(15)19;1-9-7-6-8-10(15)11(9)14-16-12(2,3)13(4,5)17-14;1-5-19-13(18)9-6-10(7(2)3)17-12(15-9)11(14)8(4)16-17;1-9(2)10(3,4)16-13(15-9)14-17-11(5,6)12(7,8)18-14;1-5-3-2-4-6(9)7(5)8/h7-11H,6H2,1-5H3;5-9H,1-4H3,(H,23,24);6-8H,1-5H3;6-7H,5H2,1-4H3;1-8H3;2-4H,1H3. The third-order valence-electron chi connectivity index (χ3n) is 20.9. The molecule has 3 saturated heterocycles. The van der Waals surface area contributed by atoms with Gasteiger partial charge in [-0.05, 0) is 260 Å². The molecule has 0 amide bonds. The number of halogens is 6. The maximum Gasteiger partial charge on any atom is 0.496 e. The van der Waals surface area contributed by atoms with E-state index in [4.69, 9.17) is 83.8 Å². The van der Waals surface area contributed by atoms with Crippen LogP contribution in [0.2, 0.25) is 20.1 Å². The number of rotatable bonds is 12. The number of benzene rings is 4. The van der Waals surface area contributed by atoms with Gasteiger partial charge in [0.25, 0.3) is 0 Å². The van der Waals surface area contributed by atoms with Crippen molar-refractivity contribution >= 4 is 140 Å². The van der Waals surface area contributed by atoms with Crippen molar-refractivity contribution in [1.82, 2.24) is 43.8 Å². The van der Waals surface area contributed by atoms with Gasteiger partial charge in [0.1, 0.15) is 0 Å². The molecule has 3 aliphatic heterocycles. The fourth-order valence-electron chi connectivity index (χ4n) is 12.4. The average molecular weight is 1750 g/mol. The molecule has 13 rings (SSSR count). The summed E-state index contributed by atoms with van der Waals surface area (Å²) in [6.07, 6.45) is 0. The van der Waals surface area contributed by atoms with Crippen LogP contribution in [-0.2, 0) is 37.4 Å². The minimum atomic E-state index is -1.06. The first kappa shape index (κ1) is 91.7. The average Bonchev–Trinajstić information content (AvgIpc) is 1.68. The molecular formula is C83H104B3Br2Cl4N9O12. The van der Waals surface area contributed by atoms with Crippen molar-refractivity contribution in [1.29, 1.82) is 0 Å². The highest BCUT2D eigenvalue weighted by Gasteiger charge is 2.64. The van der Waals surface area contributed by atoms with E-state index in [0.29, 0.717) is 50.9 Å². The van der Waals surface area contributed by atoms with E-state index in [9.17, 15) is 19.5 Å². The minimum Gasteiger partial charge on any atom is -0.477 e. The van der Waals surface area contributed by atoms with Crippen LogP contribution in [0.25, 0.3) is 39.2 Å². The van der Waals surface area contributed by atoms with E-state index in [1.807, 2.05) is 218 Å². The van der Waals surface area contributed by atoms with Crippen molar-refractivity contribution in [3.05, 3.63) is 194 Å². The van der Waals surface area contributed by atoms with Crippen LogP contribution in [0.15, 0.2) is 99.9 Å². The molecule has 1 N–H and O–H groups in total. The predicted octanol–water partition coefficient (Wildman–Crippen LogP) is 21.2. The Bertz CT molecular complexity index is 5020. The van der Waals surface area contributed by atoms with Gasteiger partial charge in [0.2, 0.25) is 0 Å². The fourth-order valence-corrected chi connectivity index (χ4v) is 14.1. The van der Waals surface area contributed by atoms with E-state index < -0.39 is 31.9 Å². The van der Waals surface area contributed by atoms with Crippen LogP contribution in [0.5, 0.6) is 0 Å². The van der Waals surface area contributed by atoms with E-state index in [2.05, 4.69) is 89.8 Å². The molecule has 0 radical (unpaired) electrons. The summed E-state index contributed by atoms with van der Waals surface area (Å²) in [6.45, 7) is 54.5. The number of hydrogen-bond acceptors (Lipinski definition) is 17. The summed E-state index contributed by atoms with van der Waals surface area (Å²) in [5.74, 6) is -1.40. The van der Waals surface area contributed by atoms with Crippen molar-refractivity contribution in [3.63, 3.8) is 0 Å². The molecule has 0 spiro atoms. The molecule has 0 atom stereocenters. The van der Waals surface area contributed by atoms with Crippen LogP contribution in [0, 0.1) is 48.5 Å². The van der Waals surface area contributed by atoms with Gasteiger partial charge in [-0.15, -0.1) is 0 Å². The molecule has 4 aromatic carbocycles. The molecule has 30 heteroatoms. The Labute approximate surface area is 702 Å². The SMILES string of the molecule is CC1(C)OB(B2OC(C)(C)C(C)(C)O2)OC1(C)C.CCOC(=O)c1cc(C(C)C)n2nc(C)c(-c3c(C)cccc3Cl)c2n1.CCOC(=O)c1cc(C(C)C)n2nc(C)c(Br)c2n1.Cc1cccc(Cl)c1-c1c(C)nn2c(C(C)C)cc(C(=O)O)nc12.Cc1cccc(Cl)c1B1OC(C)(C)C(C)(C)O1.Cc1cccc(Cl)c1Br. The molecule has 0 aliphatic carbocycles. The predicted molar refractivity (Wildman–Crippen MR) is 460 cm³/mol. The maximum atomic E-state index is 12.3. The molecule has 10 aromatic rings. The van der Waals surface area contributed by atoms with Crippen LogP contribution in [-0.4, -0.2) is 135 Å². The van der Waals surface area contributed by atoms with E-state index in [0.717, 1.165) is 92.5 Å². The number of aryl methyl sites for hydroxylation is 7. The molecule has 0 bridgehead atoms. The lowest BCUT2D eigenvalue weighted by atomic mass is 9.49. The van der Waals surface area contributed by atoms with Gasteiger partial charge in [0.05, 0.1) is 84.5 Å². The highest BCUT2D eigenvalue weighted by Crippen LogP contribution is 2.45. The van der Waals surface area contributed by atoms with Gasteiger partial charge in [0.15, 0.2) is 34.0 Å². The molecular weight excluding hydrogens is 1650 g/mol. The number of aromatic carboxylic acids is 1. The van der Waals surface area contributed by atoms with Gasteiger partial charge in [-0.1, -0.05) is 136 Å². The summed E-state index contributed by atoms with van der Waals surface area (Å²) < 4.78 is 53.1. The zero-order valence-corrected chi connectivity index (χ0v) is 76.0. The minimum absolute atomic E-state index is 0.0112. The van der Waals surface area contributed by atoms with Gasteiger partial charge in [-0.3, -0.25) is 0 Å². The first-order valence-electron chi connectivity index (χ1n) is 37.6. The summed E-state index contributed by atoms with van der Waals surface area (Å²) in [7, 11) is -1.33. The Morgan fingerprint density at radius 2 is 0.735 bits per heavy atom. The first-order valence-corrected chi connectivity index (χ1v) is 40.7. The molecule has 0 unspecified atom stereocenters. The topological polar surface area (TPSA) is 236 Å². The third-order valence-corrected chi connectivity index (χ3v) is 24.4. The van der Waals surface area contributed by atoms with E-state index in [1.54, 1.807) is 45.6 Å². The van der Waals surface area contributed by atoms with Crippen molar-refractivity contribution in [2.75, 3.05) is 13.2 Å². The van der Waals surface area contributed by atoms with E-state index in [-0.39, 0.29) is 69.9 Å². The highest BCUT2D eigenvalue weighted by atomic mass is 79.9. The van der Waals surface area contributed by atoms with Gasteiger partial charge in [-0.2, -0.15) is 15.3 Å². The highest BCUT2D eigenvalue weighted by molar-refractivity contribution is 9.11. The monoisotopic (exact) mass is 1750 g/mol. The molecule has 3 aliphatic rings. The molecule has 113 heavy (non-hydrogen) atoms. The Hall–Kier alpha value is -6.78. The lowest BCUT2D eigenvalue weighted by molar-refractivity contribution is 0.00578. The third kappa shape index (κ3) is 20.1. The summed E-state index contributed by atoms with van der Waals surface area (Å²) in [5, 5.41) is 25.8. The number of esters is 2. The zero-order chi connectivity index (χ0) is 84.4. The summed E-state index contributed by atoms with van der Waals surface area (Å²) in [5.41, 5.74) is 14.0. The molecule has 21 nitrogen and oxygen atoms in total. The number of aromatic nitrogens is 9. The number of fused-ring (bicyclic) bond motifs is 3. The Morgan fingerprint density at radius 3 is 1.07 bits per heavy atom. The van der Waals surface area contributed by atoms with Crippen molar-refractivity contribution in [2.45, 2.75) is 238 Å². The van der Waals surface area contributed by atoms with Crippen LogP contribution in [0.1, 0.15) is 244 Å². The largest absolute Gasteiger partial charge is 0.496 e. The Kier molecular flexibility index (Phi) is 29.5. The lowest BCUT2D eigenvalue weighted by Gasteiger charge is -2.32. The van der Waals surface area contributed by atoms with Crippen LogP contribution < -0.4 is 5.46 Å². The number of carboxylic acid groups (broad SMARTS) is 1. The first-order chi connectivity index (χ1) is 52.4. The fraction of sp³-hybridized carbons (Fsp3) is 0.458. The second-order valence-corrected chi connectivity index (χ2v) is 35.2. The smallest absolute Gasteiger partial charge is 0.477 e. The number of carbonyl (C=O) groups excluding carboxylic acids is 2. The number of nitrogens with zero attached hydrogens (tertiary/aromatic N) is 9. The summed E-state index contributed by atoms with van der Waals surface area (Å²) in [6, 6.07) is 28.1. The quantitative estimate of drug-likeness (QED) is 0.0884. The molecule has 9 heterocycles. The van der Waals surface area contributed by atoms with Crippen molar-refractivity contribution in [2.24, 2.45) is 0 Å². The van der Waals surface area contributed by atoms with Gasteiger partial charge < -0.3 is 42.5 Å². The summed E-state index contributed by atoms with van der Waals surface area (Å²) in [4.78, 5) is 48.9. The van der Waals surface area contributed by atoms with Gasteiger partial charge in [-0.25, -0.2) is 42.9 Å². The van der Waals surface area contributed by atoms with Crippen molar-refractivity contribution in [3.8, 4) is 22.3 Å². The lowest BCUT2D eigenvalue weighted by Crippen LogP contribution is -2.41.